The topological polar surface area (TPSA) is 49.3 Å². The molecule has 1 amide bonds. The van der Waals surface area contributed by atoms with Crippen molar-refractivity contribution in [3.63, 3.8) is 0 Å². The van der Waals surface area contributed by atoms with Crippen LogP contribution < -0.4 is 9.80 Å². The highest BCUT2D eigenvalue weighted by Gasteiger charge is 2.29. The molecule has 1 fully saturated rings. The van der Waals surface area contributed by atoms with Crippen molar-refractivity contribution in [1.29, 1.82) is 0 Å². The zero-order chi connectivity index (χ0) is 18.8. The molecule has 0 spiro atoms. The molecule has 6 heteroatoms. The summed E-state index contributed by atoms with van der Waals surface area (Å²) in [7, 11) is 0. The van der Waals surface area contributed by atoms with Crippen LogP contribution >= 0.6 is 0 Å². The minimum Gasteiger partial charge on any atom is -0.354 e. The molecule has 0 unspecified atom stereocenters. The van der Waals surface area contributed by atoms with E-state index in [0.717, 1.165) is 44.6 Å². The van der Waals surface area contributed by atoms with Crippen LogP contribution in [0.15, 0.2) is 30.6 Å². The summed E-state index contributed by atoms with van der Waals surface area (Å²) >= 11 is 0. The van der Waals surface area contributed by atoms with E-state index in [1.165, 1.54) is 11.9 Å². The molecule has 1 aromatic heterocycles. The first-order chi connectivity index (χ1) is 13.2. The Hall–Kier alpha value is -2.50. The van der Waals surface area contributed by atoms with Crippen LogP contribution in [0.3, 0.4) is 0 Å². The lowest BCUT2D eigenvalue weighted by Gasteiger charge is -2.33. The first kappa shape index (κ1) is 17.9. The van der Waals surface area contributed by atoms with Gasteiger partial charge in [-0.1, -0.05) is 25.1 Å². The summed E-state index contributed by atoms with van der Waals surface area (Å²) in [5.74, 6) is 0.653. The third-order valence-corrected chi connectivity index (χ3v) is 5.74. The molecule has 1 saturated heterocycles. The van der Waals surface area contributed by atoms with Crippen LogP contribution in [0.4, 0.5) is 15.9 Å². The van der Waals surface area contributed by atoms with Crippen LogP contribution in [-0.2, 0) is 17.6 Å². The molecular weight excluding hydrogens is 343 g/mol. The van der Waals surface area contributed by atoms with Crippen LogP contribution in [0.25, 0.3) is 0 Å². The van der Waals surface area contributed by atoms with E-state index in [2.05, 4.69) is 16.0 Å². The number of carbonyl (C=O) groups excluding carboxylic acids is 1. The van der Waals surface area contributed by atoms with Crippen LogP contribution in [-0.4, -0.2) is 35.5 Å². The Labute approximate surface area is 159 Å². The first-order valence-corrected chi connectivity index (χ1v) is 9.80. The normalized spacial score (nSPS) is 17.3. The Morgan fingerprint density at radius 1 is 1.19 bits per heavy atom. The Bertz CT molecular complexity index is 833. The molecule has 1 aromatic carbocycles. The van der Waals surface area contributed by atoms with Gasteiger partial charge in [0.05, 0.1) is 5.69 Å². The second-order valence-corrected chi connectivity index (χ2v) is 7.37. The molecule has 27 heavy (non-hydrogen) atoms. The van der Waals surface area contributed by atoms with Gasteiger partial charge in [0, 0.05) is 31.7 Å². The number of halogens is 1. The molecule has 0 atom stereocenters. The molecule has 0 N–H and O–H groups in total. The molecule has 0 radical (unpaired) electrons. The molecule has 0 aliphatic carbocycles. The van der Waals surface area contributed by atoms with E-state index in [0.29, 0.717) is 30.3 Å². The summed E-state index contributed by atoms with van der Waals surface area (Å²) in [5.41, 5.74) is 2.78. The molecular formula is C21H25FN4O. The SMILES string of the molecule is CCc1ncnc(N2CCC(CC(=O)N3CCc4ccccc43)CC2)c1F. The Kier molecular flexibility index (Phi) is 5.05. The van der Waals surface area contributed by atoms with Gasteiger partial charge in [-0.3, -0.25) is 4.79 Å². The predicted molar refractivity (Wildman–Crippen MR) is 103 cm³/mol. The van der Waals surface area contributed by atoms with Crippen molar-refractivity contribution in [3.8, 4) is 0 Å². The Morgan fingerprint density at radius 2 is 1.96 bits per heavy atom. The quantitative estimate of drug-likeness (QED) is 0.830. The number of piperidine rings is 1. The van der Waals surface area contributed by atoms with Crippen molar-refractivity contribution in [3.05, 3.63) is 47.7 Å². The molecule has 2 aliphatic heterocycles. The van der Waals surface area contributed by atoms with Gasteiger partial charge in [-0.25, -0.2) is 14.4 Å². The number of hydrogen-bond acceptors (Lipinski definition) is 4. The third-order valence-electron chi connectivity index (χ3n) is 5.74. The van der Waals surface area contributed by atoms with Crippen molar-refractivity contribution >= 4 is 17.4 Å². The van der Waals surface area contributed by atoms with Gasteiger partial charge in [0.25, 0.3) is 0 Å². The van der Waals surface area contributed by atoms with Crippen LogP contribution in [0.2, 0.25) is 0 Å². The van der Waals surface area contributed by atoms with Crippen molar-refractivity contribution in [2.24, 2.45) is 5.92 Å². The van der Waals surface area contributed by atoms with Crippen LogP contribution in [0.5, 0.6) is 0 Å². The fourth-order valence-corrected chi connectivity index (χ4v) is 4.17. The molecule has 4 rings (SSSR count). The highest BCUT2D eigenvalue weighted by molar-refractivity contribution is 5.95. The molecule has 5 nitrogen and oxygen atoms in total. The smallest absolute Gasteiger partial charge is 0.227 e. The lowest BCUT2D eigenvalue weighted by molar-refractivity contribution is -0.119. The zero-order valence-corrected chi connectivity index (χ0v) is 15.7. The number of benzene rings is 1. The molecule has 2 aromatic rings. The van der Waals surface area contributed by atoms with Gasteiger partial charge in [0.15, 0.2) is 11.6 Å². The minimum absolute atomic E-state index is 0.208. The van der Waals surface area contributed by atoms with E-state index < -0.39 is 0 Å². The van der Waals surface area contributed by atoms with Gasteiger partial charge < -0.3 is 9.80 Å². The van der Waals surface area contributed by atoms with Crippen molar-refractivity contribution in [2.75, 3.05) is 29.4 Å². The van der Waals surface area contributed by atoms with Gasteiger partial charge in [-0.2, -0.15) is 0 Å². The van der Waals surface area contributed by atoms with Gasteiger partial charge >= 0.3 is 0 Å². The number of hydrogen-bond donors (Lipinski definition) is 0. The average Bonchev–Trinajstić information content (AvgIpc) is 3.13. The molecule has 0 bridgehead atoms. The predicted octanol–water partition coefficient (Wildman–Crippen LogP) is 3.37. The van der Waals surface area contributed by atoms with Gasteiger partial charge in [0.1, 0.15) is 6.33 Å². The molecule has 0 saturated carbocycles. The molecule has 2 aliphatic rings. The van der Waals surface area contributed by atoms with Crippen molar-refractivity contribution in [2.45, 2.75) is 39.0 Å². The lowest BCUT2D eigenvalue weighted by Crippen LogP contribution is -2.38. The Morgan fingerprint density at radius 3 is 2.74 bits per heavy atom. The first-order valence-electron chi connectivity index (χ1n) is 9.80. The standard InChI is InChI=1S/C21H25FN4O/c1-2-17-20(22)21(24-14-23-17)25-10-7-15(8-11-25)13-19(27)26-12-9-16-5-3-4-6-18(16)26/h3-6,14-15H,2,7-13H2,1H3. The summed E-state index contributed by atoms with van der Waals surface area (Å²) in [5, 5.41) is 0. The maximum atomic E-state index is 14.5. The number of rotatable bonds is 4. The van der Waals surface area contributed by atoms with Gasteiger partial charge in [-0.05, 0) is 43.2 Å². The van der Waals surface area contributed by atoms with E-state index >= 15 is 0 Å². The number of para-hydroxylation sites is 1. The maximum absolute atomic E-state index is 14.5. The Balaban J connectivity index is 1.36. The highest BCUT2D eigenvalue weighted by atomic mass is 19.1. The summed E-state index contributed by atoms with van der Waals surface area (Å²) in [6.07, 6.45) is 5.27. The van der Waals surface area contributed by atoms with Crippen molar-refractivity contribution in [1.82, 2.24) is 9.97 Å². The van der Waals surface area contributed by atoms with E-state index in [1.54, 1.807) is 0 Å². The van der Waals surface area contributed by atoms with Gasteiger partial charge in [-0.15, -0.1) is 0 Å². The fraction of sp³-hybridized carbons (Fsp3) is 0.476. The highest BCUT2D eigenvalue weighted by Crippen LogP contribution is 2.31. The number of fused-ring (bicyclic) bond motifs is 1. The summed E-state index contributed by atoms with van der Waals surface area (Å²) < 4.78 is 14.5. The second-order valence-electron chi connectivity index (χ2n) is 7.37. The summed E-state index contributed by atoms with van der Waals surface area (Å²) in [6, 6.07) is 8.15. The number of aromatic nitrogens is 2. The van der Waals surface area contributed by atoms with Crippen LogP contribution in [0, 0.1) is 11.7 Å². The monoisotopic (exact) mass is 368 g/mol. The number of carbonyl (C=O) groups is 1. The van der Waals surface area contributed by atoms with E-state index in [9.17, 15) is 9.18 Å². The van der Waals surface area contributed by atoms with Crippen LogP contribution in [0.1, 0.15) is 37.4 Å². The van der Waals surface area contributed by atoms with E-state index in [-0.39, 0.29) is 11.7 Å². The fourth-order valence-electron chi connectivity index (χ4n) is 4.17. The van der Waals surface area contributed by atoms with Crippen molar-refractivity contribution < 1.29 is 9.18 Å². The number of amides is 1. The second kappa shape index (κ2) is 7.62. The maximum Gasteiger partial charge on any atom is 0.227 e. The number of nitrogens with zero attached hydrogens (tertiary/aromatic N) is 4. The molecule has 142 valence electrons. The third kappa shape index (κ3) is 3.53. The van der Waals surface area contributed by atoms with E-state index in [1.807, 2.05) is 34.9 Å². The van der Waals surface area contributed by atoms with Gasteiger partial charge in [0.2, 0.25) is 5.91 Å². The average molecular weight is 368 g/mol. The minimum atomic E-state index is -0.303. The van der Waals surface area contributed by atoms with E-state index in [4.69, 9.17) is 0 Å². The molecule has 3 heterocycles. The largest absolute Gasteiger partial charge is 0.354 e. The summed E-state index contributed by atoms with van der Waals surface area (Å²) in [6.45, 7) is 4.13. The lowest BCUT2D eigenvalue weighted by atomic mass is 9.93. The summed E-state index contributed by atoms with van der Waals surface area (Å²) in [4.78, 5) is 24.9. The number of aryl methyl sites for hydroxylation is 1. The number of anilines is 2. The zero-order valence-electron chi connectivity index (χ0n) is 15.7.